The van der Waals surface area contributed by atoms with Crippen LogP contribution in [0.15, 0.2) is 39.5 Å². The van der Waals surface area contributed by atoms with Crippen LogP contribution in [0.1, 0.15) is 52.7 Å². The van der Waals surface area contributed by atoms with Crippen LogP contribution in [-0.4, -0.2) is 37.3 Å². The standard InChI is InChI=1S/C25H33BrClN5O3S/c1-8-9-19(36(33,34)14(2)3)15(4)30-23-17(27)13-28-24(32-23)31-18-12-16-10-11-29-25(5,6)20(16)21(26)22(18)35-7/h8-9,12-14,29H,10-11H2,1-7H3,(H2,28,30,31,32)/b9-8-,19-15-. The Labute approximate surface area is 227 Å². The van der Waals surface area contributed by atoms with Crippen molar-refractivity contribution in [1.82, 2.24) is 15.3 Å². The van der Waals surface area contributed by atoms with Gasteiger partial charge in [0.15, 0.2) is 21.4 Å². The van der Waals surface area contributed by atoms with E-state index in [0.29, 0.717) is 17.1 Å². The van der Waals surface area contributed by atoms with E-state index in [1.165, 1.54) is 11.8 Å². The van der Waals surface area contributed by atoms with Gasteiger partial charge in [0.25, 0.3) is 0 Å². The first-order valence-electron chi connectivity index (χ1n) is 11.6. The Hall–Kier alpha value is -2.14. The van der Waals surface area contributed by atoms with Gasteiger partial charge in [-0.3, -0.25) is 0 Å². The number of methoxy groups -OCH3 is 1. The normalized spacial score (nSPS) is 16.1. The number of anilines is 3. The quantitative estimate of drug-likeness (QED) is 0.315. The number of nitrogens with one attached hydrogen (secondary N) is 3. The van der Waals surface area contributed by atoms with Gasteiger partial charge in [-0.2, -0.15) is 4.98 Å². The number of hydrogen-bond acceptors (Lipinski definition) is 8. The highest BCUT2D eigenvalue weighted by Gasteiger charge is 2.32. The molecule has 0 fully saturated rings. The van der Waals surface area contributed by atoms with Crippen LogP contribution in [0.5, 0.6) is 5.75 Å². The average Bonchev–Trinajstić information content (AvgIpc) is 2.78. The van der Waals surface area contributed by atoms with E-state index in [9.17, 15) is 8.42 Å². The third-order valence-electron chi connectivity index (χ3n) is 6.00. The van der Waals surface area contributed by atoms with Crippen LogP contribution >= 0.6 is 27.5 Å². The first-order chi connectivity index (χ1) is 16.8. The number of nitrogens with zero attached hydrogens (tertiary/aromatic N) is 2. The van der Waals surface area contributed by atoms with Crippen LogP contribution in [0.2, 0.25) is 5.02 Å². The Morgan fingerprint density at radius 2 is 2.06 bits per heavy atom. The minimum absolute atomic E-state index is 0.181. The molecule has 1 aliphatic heterocycles. The predicted octanol–water partition coefficient (Wildman–Crippen LogP) is 6.07. The zero-order valence-electron chi connectivity index (χ0n) is 21.6. The molecule has 0 amide bonds. The highest BCUT2D eigenvalue weighted by molar-refractivity contribution is 9.10. The summed E-state index contributed by atoms with van der Waals surface area (Å²) in [6, 6.07) is 2.05. The lowest BCUT2D eigenvalue weighted by atomic mass is 9.84. The molecule has 0 saturated heterocycles. The topological polar surface area (TPSA) is 105 Å². The lowest BCUT2D eigenvalue weighted by molar-refractivity contribution is 0.371. The molecular weight excluding hydrogens is 566 g/mol. The summed E-state index contributed by atoms with van der Waals surface area (Å²) in [5.74, 6) is 1.20. The predicted molar refractivity (Wildman–Crippen MR) is 151 cm³/mol. The molecule has 2 aromatic rings. The monoisotopic (exact) mass is 597 g/mol. The molecule has 0 spiro atoms. The van der Waals surface area contributed by atoms with Crippen LogP contribution < -0.4 is 20.7 Å². The van der Waals surface area contributed by atoms with Crippen molar-refractivity contribution >= 4 is 54.8 Å². The molecule has 3 N–H and O–H groups in total. The Bertz CT molecular complexity index is 1320. The minimum atomic E-state index is -3.52. The first kappa shape index (κ1) is 28.4. The summed E-state index contributed by atoms with van der Waals surface area (Å²) in [6.45, 7) is 11.9. The van der Waals surface area contributed by atoms with Crippen molar-refractivity contribution in [1.29, 1.82) is 0 Å². The van der Waals surface area contributed by atoms with Gasteiger partial charge in [-0.15, -0.1) is 0 Å². The molecule has 3 rings (SSSR count). The van der Waals surface area contributed by atoms with Gasteiger partial charge in [-0.05, 0) is 93.7 Å². The Morgan fingerprint density at radius 3 is 2.67 bits per heavy atom. The van der Waals surface area contributed by atoms with Gasteiger partial charge < -0.3 is 20.7 Å². The van der Waals surface area contributed by atoms with E-state index in [0.717, 1.165) is 23.0 Å². The molecule has 0 unspecified atom stereocenters. The third-order valence-corrected chi connectivity index (χ3v) is 9.33. The van der Waals surface area contributed by atoms with Gasteiger partial charge in [-0.25, -0.2) is 13.4 Å². The number of rotatable bonds is 8. The molecular formula is C25H33BrClN5O3S. The SMILES string of the molecule is C/C=C\C(=C(/C)Nc1nc(Nc2cc3c(c(Br)c2OC)C(C)(C)NCC3)ncc1Cl)S(=O)(=O)C(C)C. The van der Waals surface area contributed by atoms with Gasteiger partial charge >= 0.3 is 0 Å². The van der Waals surface area contributed by atoms with Gasteiger partial charge in [0, 0.05) is 11.2 Å². The second-order valence-corrected chi connectivity index (χ2v) is 13.0. The van der Waals surface area contributed by atoms with Crippen molar-refractivity contribution in [3.05, 3.63) is 55.6 Å². The molecule has 0 radical (unpaired) electrons. The van der Waals surface area contributed by atoms with Crippen LogP contribution in [0, 0.1) is 0 Å². The van der Waals surface area contributed by atoms with Crippen molar-refractivity contribution in [2.75, 3.05) is 24.3 Å². The maximum absolute atomic E-state index is 12.9. The number of sulfone groups is 1. The fourth-order valence-corrected chi connectivity index (χ4v) is 6.74. The van der Waals surface area contributed by atoms with E-state index in [4.69, 9.17) is 16.3 Å². The number of aromatic nitrogens is 2. The zero-order valence-corrected chi connectivity index (χ0v) is 24.7. The molecule has 2 heterocycles. The number of benzene rings is 1. The summed E-state index contributed by atoms with van der Waals surface area (Å²) in [6.07, 6.45) is 5.59. The number of hydrogen-bond donors (Lipinski definition) is 3. The smallest absolute Gasteiger partial charge is 0.229 e. The molecule has 36 heavy (non-hydrogen) atoms. The summed E-state index contributed by atoms with van der Waals surface area (Å²) in [7, 11) is -1.91. The average molecular weight is 599 g/mol. The second-order valence-electron chi connectivity index (χ2n) is 9.33. The van der Waals surface area contributed by atoms with Gasteiger partial charge in [0.05, 0.1) is 33.6 Å². The van der Waals surface area contributed by atoms with Crippen LogP contribution in [0.3, 0.4) is 0 Å². The number of ether oxygens (including phenoxy) is 1. The Balaban J connectivity index is 2.02. The third kappa shape index (κ3) is 5.72. The summed E-state index contributed by atoms with van der Waals surface area (Å²) in [5.41, 5.74) is 3.25. The summed E-state index contributed by atoms with van der Waals surface area (Å²) < 4.78 is 32.3. The maximum Gasteiger partial charge on any atom is 0.229 e. The first-order valence-corrected chi connectivity index (χ1v) is 14.3. The number of fused-ring (bicyclic) bond motifs is 1. The van der Waals surface area contributed by atoms with Crippen molar-refractivity contribution in [2.24, 2.45) is 0 Å². The number of allylic oxidation sites excluding steroid dienone is 3. The molecule has 11 heteroatoms. The van der Waals surface area contributed by atoms with Crippen molar-refractivity contribution < 1.29 is 13.2 Å². The summed E-state index contributed by atoms with van der Waals surface area (Å²) in [5, 5.41) is 9.52. The molecule has 1 aromatic heterocycles. The second kappa shape index (κ2) is 11.1. The van der Waals surface area contributed by atoms with Crippen molar-refractivity contribution in [3.8, 4) is 5.75 Å². The fourth-order valence-electron chi connectivity index (χ4n) is 4.16. The van der Waals surface area contributed by atoms with Crippen LogP contribution in [0.4, 0.5) is 17.5 Å². The van der Waals surface area contributed by atoms with E-state index < -0.39 is 15.1 Å². The summed E-state index contributed by atoms with van der Waals surface area (Å²) >= 11 is 10.1. The zero-order chi connectivity index (χ0) is 26.8. The lowest BCUT2D eigenvalue weighted by Gasteiger charge is -2.36. The van der Waals surface area contributed by atoms with Gasteiger partial charge in [0.2, 0.25) is 5.95 Å². The van der Waals surface area contributed by atoms with E-state index in [2.05, 4.69) is 61.8 Å². The highest BCUT2D eigenvalue weighted by Crippen LogP contribution is 2.45. The lowest BCUT2D eigenvalue weighted by Crippen LogP contribution is -2.42. The highest BCUT2D eigenvalue weighted by atomic mass is 79.9. The van der Waals surface area contributed by atoms with Crippen molar-refractivity contribution in [2.45, 2.75) is 58.8 Å². The van der Waals surface area contributed by atoms with E-state index in [1.807, 2.05) is 0 Å². The van der Waals surface area contributed by atoms with E-state index in [1.54, 1.807) is 47.0 Å². The molecule has 0 bridgehead atoms. The summed E-state index contributed by atoms with van der Waals surface area (Å²) in [4.78, 5) is 9.02. The van der Waals surface area contributed by atoms with Gasteiger partial charge in [0.1, 0.15) is 5.02 Å². The largest absolute Gasteiger partial charge is 0.493 e. The Morgan fingerprint density at radius 1 is 1.36 bits per heavy atom. The maximum atomic E-state index is 12.9. The fraction of sp³-hybridized carbons (Fsp3) is 0.440. The molecule has 1 aromatic carbocycles. The molecule has 1 aliphatic rings. The van der Waals surface area contributed by atoms with Crippen LogP contribution in [0.25, 0.3) is 0 Å². The molecule has 196 valence electrons. The Kier molecular flexibility index (Phi) is 8.75. The number of halogens is 2. The minimum Gasteiger partial charge on any atom is -0.493 e. The van der Waals surface area contributed by atoms with Crippen molar-refractivity contribution in [3.63, 3.8) is 0 Å². The van der Waals surface area contributed by atoms with Gasteiger partial charge in [-0.1, -0.05) is 17.7 Å². The molecule has 8 nitrogen and oxygen atoms in total. The van der Waals surface area contributed by atoms with Crippen LogP contribution in [-0.2, 0) is 21.8 Å². The molecule has 0 saturated carbocycles. The van der Waals surface area contributed by atoms with E-state index >= 15 is 0 Å². The van der Waals surface area contributed by atoms with E-state index in [-0.39, 0.29) is 27.2 Å². The molecule has 0 atom stereocenters. The molecule has 0 aliphatic carbocycles.